The van der Waals surface area contributed by atoms with E-state index in [-0.39, 0.29) is 11.7 Å². The van der Waals surface area contributed by atoms with Crippen molar-refractivity contribution in [3.05, 3.63) is 76.3 Å². The Morgan fingerprint density at radius 2 is 1.75 bits per heavy atom. The first-order chi connectivity index (χ1) is 15.6. The second kappa shape index (κ2) is 8.03. The van der Waals surface area contributed by atoms with Crippen molar-refractivity contribution in [2.45, 2.75) is 43.9 Å². The number of hydrogen-bond acceptors (Lipinski definition) is 5. The van der Waals surface area contributed by atoms with E-state index in [1.54, 1.807) is 10.9 Å². The summed E-state index contributed by atoms with van der Waals surface area (Å²) in [4.78, 5) is 18.7. The lowest BCUT2D eigenvalue weighted by molar-refractivity contribution is 0.137. The highest BCUT2D eigenvalue weighted by molar-refractivity contribution is 7.22. The van der Waals surface area contributed by atoms with Crippen LogP contribution in [-0.4, -0.2) is 27.7 Å². The highest BCUT2D eigenvalue weighted by atomic mass is 35.5. The quantitative estimate of drug-likeness (QED) is 0.438. The number of nitrogens with one attached hydrogen (secondary N) is 1. The number of ether oxygens (including phenoxy) is 1. The molecule has 2 aliphatic heterocycles. The van der Waals surface area contributed by atoms with Gasteiger partial charge in [0.05, 0.1) is 11.2 Å². The summed E-state index contributed by atoms with van der Waals surface area (Å²) in [5.41, 5.74) is 2.45. The third kappa shape index (κ3) is 3.72. The third-order valence-corrected chi connectivity index (χ3v) is 7.83. The van der Waals surface area contributed by atoms with Crippen LogP contribution in [0.5, 0.6) is 5.75 Å². The van der Waals surface area contributed by atoms with Gasteiger partial charge in [-0.2, -0.15) is 0 Å². The van der Waals surface area contributed by atoms with Crippen LogP contribution in [0.3, 0.4) is 0 Å². The van der Waals surface area contributed by atoms with Gasteiger partial charge in [-0.3, -0.25) is 9.36 Å². The van der Waals surface area contributed by atoms with Gasteiger partial charge in [0.2, 0.25) is 0 Å². The van der Waals surface area contributed by atoms with Gasteiger partial charge in [-0.15, -0.1) is 11.3 Å². The first-order valence-electron chi connectivity index (χ1n) is 10.9. The lowest BCUT2D eigenvalue weighted by Crippen LogP contribution is -2.42. The molecule has 32 heavy (non-hydrogen) atoms. The van der Waals surface area contributed by atoms with E-state index in [0.29, 0.717) is 27.3 Å². The van der Waals surface area contributed by atoms with Crippen molar-refractivity contribution in [2.24, 2.45) is 0 Å². The molecule has 162 valence electrons. The Morgan fingerprint density at radius 3 is 2.47 bits per heavy atom. The Kier molecular flexibility index (Phi) is 5.01. The molecule has 2 aromatic carbocycles. The molecule has 4 aromatic rings. The number of hydrogen-bond donors (Lipinski definition) is 1. The van der Waals surface area contributed by atoms with Crippen molar-refractivity contribution in [2.75, 3.05) is 0 Å². The van der Waals surface area contributed by atoms with Gasteiger partial charge in [-0.05, 0) is 73.7 Å². The molecule has 7 heteroatoms. The van der Waals surface area contributed by atoms with E-state index in [9.17, 15) is 4.79 Å². The predicted octanol–water partition coefficient (Wildman–Crippen LogP) is 5.43. The van der Waals surface area contributed by atoms with Gasteiger partial charge in [-0.25, -0.2) is 4.98 Å². The molecule has 2 saturated heterocycles. The lowest BCUT2D eigenvalue weighted by Gasteiger charge is -2.29. The maximum Gasteiger partial charge on any atom is 0.275 e. The molecular formula is C25H22ClN3O2S. The van der Waals surface area contributed by atoms with Crippen molar-refractivity contribution in [1.82, 2.24) is 14.9 Å². The number of halogens is 1. The van der Waals surface area contributed by atoms with E-state index in [1.165, 1.54) is 24.2 Å². The Balaban J connectivity index is 1.25. The fourth-order valence-corrected chi connectivity index (χ4v) is 6.00. The zero-order valence-corrected chi connectivity index (χ0v) is 18.9. The molecule has 5 nitrogen and oxygen atoms in total. The molecule has 2 unspecified atom stereocenters. The lowest BCUT2D eigenvalue weighted by atomic mass is 10.0. The van der Waals surface area contributed by atoms with Crippen LogP contribution in [0.25, 0.3) is 26.3 Å². The van der Waals surface area contributed by atoms with Crippen LogP contribution in [0.4, 0.5) is 0 Å². The zero-order chi connectivity index (χ0) is 21.7. The minimum absolute atomic E-state index is 0.0659. The largest absolute Gasteiger partial charge is 0.490 e. The summed E-state index contributed by atoms with van der Waals surface area (Å²) in [6.07, 6.45) is 6.50. The third-order valence-electron chi connectivity index (χ3n) is 6.41. The first kappa shape index (κ1) is 20.0. The van der Waals surface area contributed by atoms with E-state index in [1.807, 2.05) is 54.6 Å². The van der Waals surface area contributed by atoms with Gasteiger partial charge >= 0.3 is 0 Å². The standard InChI is InChI=1S/C25H22ClN3O2S/c26-16-3-1-15(2-4-16)23-13-22-24(32-23)25(30)29(14-27-22)19-7-9-20(10-8-19)31-21-11-17-5-6-18(12-21)28-17/h1-4,7-10,13-14,17-18,21,28H,5-6,11-12H2. The maximum absolute atomic E-state index is 13.2. The predicted molar refractivity (Wildman–Crippen MR) is 129 cm³/mol. The highest BCUT2D eigenvalue weighted by Crippen LogP contribution is 2.32. The second-order valence-electron chi connectivity index (χ2n) is 8.59. The van der Waals surface area contributed by atoms with E-state index < -0.39 is 0 Å². The molecule has 4 heterocycles. The smallest absolute Gasteiger partial charge is 0.275 e. The number of fused-ring (bicyclic) bond motifs is 3. The number of nitrogens with zero attached hydrogens (tertiary/aromatic N) is 2. The minimum atomic E-state index is -0.0659. The Bertz CT molecular complexity index is 1320. The molecule has 0 amide bonds. The van der Waals surface area contributed by atoms with Gasteiger partial charge in [-0.1, -0.05) is 23.7 Å². The van der Waals surface area contributed by atoms with E-state index in [4.69, 9.17) is 16.3 Å². The molecule has 0 aliphatic carbocycles. The summed E-state index contributed by atoms with van der Waals surface area (Å²) >= 11 is 7.45. The van der Waals surface area contributed by atoms with Gasteiger partial charge in [0.1, 0.15) is 22.9 Å². The fraction of sp³-hybridized carbons (Fsp3) is 0.280. The van der Waals surface area contributed by atoms with Crippen LogP contribution in [-0.2, 0) is 0 Å². The van der Waals surface area contributed by atoms with Gasteiger partial charge < -0.3 is 10.1 Å². The van der Waals surface area contributed by atoms with Crippen molar-refractivity contribution in [1.29, 1.82) is 0 Å². The average Bonchev–Trinajstić information content (AvgIpc) is 3.39. The van der Waals surface area contributed by atoms with Crippen molar-refractivity contribution in [3.63, 3.8) is 0 Å². The first-order valence-corrected chi connectivity index (χ1v) is 12.1. The number of piperidine rings is 1. The summed E-state index contributed by atoms with van der Waals surface area (Å²) < 4.78 is 8.48. The normalized spacial score (nSPS) is 22.3. The summed E-state index contributed by atoms with van der Waals surface area (Å²) in [7, 11) is 0. The number of thiophene rings is 1. The van der Waals surface area contributed by atoms with E-state index in [2.05, 4.69) is 10.3 Å². The van der Waals surface area contributed by atoms with Crippen LogP contribution in [0.1, 0.15) is 25.7 Å². The number of rotatable bonds is 4. The summed E-state index contributed by atoms with van der Waals surface area (Å²) in [6.45, 7) is 0. The van der Waals surface area contributed by atoms with Crippen LogP contribution in [0, 0.1) is 0 Å². The molecule has 0 spiro atoms. The molecule has 0 saturated carbocycles. The molecule has 2 fully saturated rings. The molecule has 2 bridgehead atoms. The highest BCUT2D eigenvalue weighted by Gasteiger charge is 2.34. The molecular weight excluding hydrogens is 442 g/mol. The average molecular weight is 464 g/mol. The van der Waals surface area contributed by atoms with Crippen LogP contribution >= 0.6 is 22.9 Å². The van der Waals surface area contributed by atoms with E-state index in [0.717, 1.165) is 34.7 Å². The topological polar surface area (TPSA) is 56.2 Å². The fourth-order valence-electron chi connectivity index (χ4n) is 4.83. The molecule has 0 radical (unpaired) electrons. The van der Waals surface area contributed by atoms with Crippen LogP contribution < -0.4 is 15.6 Å². The van der Waals surface area contributed by atoms with Crippen LogP contribution in [0.2, 0.25) is 5.02 Å². The summed E-state index contributed by atoms with van der Waals surface area (Å²) in [5, 5.41) is 4.33. The minimum Gasteiger partial charge on any atom is -0.490 e. The molecule has 1 N–H and O–H groups in total. The SMILES string of the molecule is O=c1c2sc(-c3ccc(Cl)cc3)cc2ncn1-c1ccc(OC2CC3CCC(C2)N3)cc1. The molecule has 2 aliphatic rings. The molecule has 6 rings (SSSR count). The van der Waals surface area contributed by atoms with Gasteiger partial charge in [0.15, 0.2) is 0 Å². The second-order valence-corrected chi connectivity index (χ2v) is 10.1. The zero-order valence-electron chi connectivity index (χ0n) is 17.3. The molecule has 2 aromatic heterocycles. The Morgan fingerprint density at radius 1 is 1.03 bits per heavy atom. The summed E-state index contributed by atoms with van der Waals surface area (Å²) in [5.74, 6) is 0.850. The number of aromatic nitrogens is 2. The monoisotopic (exact) mass is 463 g/mol. The summed E-state index contributed by atoms with van der Waals surface area (Å²) in [6, 6.07) is 18.5. The van der Waals surface area contributed by atoms with Gasteiger partial charge in [0.25, 0.3) is 5.56 Å². The van der Waals surface area contributed by atoms with Crippen molar-refractivity contribution >= 4 is 33.2 Å². The van der Waals surface area contributed by atoms with E-state index >= 15 is 0 Å². The molecule has 2 atom stereocenters. The Labute approximate surface area is 194 Å². The maximum atomic E-state index is 13.2. The van der Waals surface area contributed by atoms with Crippen molar-refractivity contribution < 1.29 is 4.74 Å². The number of benzene rings is 2. The Hall–Kier alpha value is -2.67. The van der Waals surface area contributed by atoms with Gasteiger partial charge in [0, 0.05) is 22.0 Å². The van der Waals surface area contributed by atoms with Crippen LogP contribution in [0.15, 0.2) is 65.7 Å². The van der Waals surface area contributed by atoms with Crippen molar-refractivity contribution in [3.8, 4) is 21.9 Å².